The minimum atomic E-state index is 0. The van der Waals surface area contributed by atoms with Gasteiger partial charge in [0.15, 0.2) is 5.96 Å². The van der Waals surface area contributed by atoms with Crippen LogP contribution in [-0.2, 0) is 0 Å². The van der Waals surface area contributed by atoms with Crippen molar-refractivity contribution in [3.63, 3.8) is 0 Å². The SMILES string of the molecule is CC(C)CN=C(N)N1CCSCC1.I. The molecule has 0 aromatic rings. The summed E-state index contributed by atoms with van der Waals surface area (Å²) in [5, 5.41) is 0. The predicted molar refractivity (Wildman–Crippen MR) is 75.6 cm³/mol. The molecule has 1 rings (SSSR count). The third-order valence-electron chi connectivity index (χ3n) is 1.95. The van der Waals surface area contributed by atoms with Gasteiger partial charge in [-0.15, -0.1) is 24.0 Å². The highest BCUT2D eigenvalue weighted by Crippen LogP contribution is 2.08. The summed E-state index contributed by atoms with van der Waals surface area (Å²) >= 11 is 1.99. The topological polar surface area (TPSA) is 41.6 Å². The number of nitrogens with two attached hydrogens (primary N) is 1. The van der Waals surface area contributed by atoms with Crippen molar-refractivity contribution in [2.45, 2.75) is 13.8 Å². The second-order valence-corrected chi connectivity index (χ2v) is 4.92. The van der Waals surface area contributed by atoms with Crippen LogP contribution in [0.4, 0.5) is 0 Å². The molecule has 5 heteroatoms. The molecule has 1 aliphatic heterocycles. The highest BCUT2D eigenvalue weighted by molar-refractivity contribution is 14.0. The van der Waals surface area contributed by atoms with Gasteiger partial charge in [0.1, 0.15) is 0 Å². The van der Waals surface area contributed by atoms with Crippen molar-refractivity contribution in [3.05, 3.63) is 0 Å². The maximum atomic E-state index is 5.86. The van der Waals surface area contributed by atoms with Crippen LogP contribution in [0.1, 0.15) is 13.8 Å². The normalized spacial score (nSPS) is 18.2. The molecule has 84 valence electrons. The molecule has 0 spiro atoms. The van der Waals surface area contributed by atoms with Crippen molar-refractivity contribution < 1.29 is 0 Å². The molecule has 0 aromatic heterocycles. The van der Waals surface area contributed by atoms with Gasteiger partial charge in [0.2, 0.25) is 0 Å². The Kier molecular flexibility index (Phi) is 7.81. The van der Waals surface area contributed by atoms with Crippen molar-refractivity contribution in [1.29, 1.82) is 0 Å². The molecule has 0 bridgehead atoms. The van der Waals surface area contributed by atoms with E-state index in [-0.39, 0.29) is 24.0 Å². The molecular weight excluding hydrogens is 309 g/mol. The maximum Gasteiger partial charge on any atom is 0.191 e. The number of halogens is 1. The molecule has 0 amide bonds. The maximum absolute atomic E-state index is 5.86. The largest absolute Gasteiger partial charge is 0.370 e. The molecule has 0 radical (unpaired) electrons. The van der Waals surface area contributed by atoms with Crippen LogP contribution in [0.25, 0.3) is 0 Å². The average Bonchev–Trinajstić information content (AvgIpc) is 2.15. The van der Waals surface area contributed by atoms with E-state index in [2.05, 4.69) is 23.7 Å². The molecule has 0 atom stereocenters. The van der Waals surface area contributed by atoms with E-state index < -0.39 is 0 Å². The fourth-order valence-electron chi connectivity index (χ4n) is 1.17. The lowest BCUT2D eigenvalue weighted by atomic mass is 10.2. The number of aliphatic imine (C=N–C) groups is 1. The van der Waals surface area contributed by atoms with Crippen LogP contribution in [0.5, 0.6) is 0 Å². The van der Waals surface area contributed by atoms with E-state index in [9.17, 15) is 0 Å². The summed E-state index contributed by atoms with van der Waals surface area (Å²) in [6.07, 6.45) is 0. The molecule has 0 saturated carbocycles. The number of hydrogen-bond acceptors (Lipinski definition) is 2. The van der Waals surface area contributed by atoms with Gasteiger partial charge in [-0.2, -0.15) is 11.8 Å². The average molecular weight is 329 g/mol. The van der Waals surface area contributed by atoms with Gasteiger partial charge in [0.25, 0.3) is 0 Å². The monoisotopic (exact) mass is 329 g/mol. The van der Waals surface area contributed by atoms with Crippen LogP contribution in [0.2, 0.25) is 0 Å². The standard InChI is InChI=1S/C9H19N3S.HI/c1-8(2)7-11-9(10)12-3-5-13-6-4-12;/h8H,3-7H2,1-2H3,(H2,10,11);1H. The van der Waals surface area contributed by atoms with Crippen LogP contribution in [0.15, 0.2) is 4.99 Å². The first-order valence-corrected chi connectivity index (χ1v) is 5.98. The Morgan fingerprint density at radius 2 is 2.00 bits per heavy atom. The van der Waals surface area contributed by atoms with E-state index >= 15 is 0 Å². The number of thioether (sulfide) groups is 1. The van der Waals surface area contributed by atoms with Crippen LogP contribution >= 0.6 is 35.7 Å². The van der Waals surface area contributed by atoms with Gasteiger partial charge in [-0.3, -0.25) is 4.99 Å². The highest BCUT2D eigenvalue weighted by atomic mass is 127. The first-order chi connectivity index (χ1) is 6.20. The summed E-state index contributed by atoms with van der Waals surface area (Å²) in [5.41, 5.74) is 5.86. The molecule has 1 heterocycles. The molecule has 0 aromatic carbocycles. The molecule has 3 nitrogen and oxygen atoms in total. The summed E-state index contributed by atoms with van der Waals surface area (Å²) in [6.45, 7) is 7.26. The van der Waals surface area contributed by atoms with Gasteiger partial charge in [-0.05, 0) is 5.92 Å². The van der Waals surface area contributed by atoms with Crippen molar-refractivity contribution in [1.82, 2.24) is 4.90 Å². The molecule has 1 aliphatic rings. The van der Waals surface area contributed by atoms with E-state index in [0.717, 1.165) is 25.6 Å². The smallest absolute Gasteiger partial charge is 0.191 e. The van der Waals surface area contributed by atoms with Gasteiger partial charge in [0.05, 0.1) is 0 Å². The number of guanidine groups is 1. The second-order valence-electron chi connectivity index (χ2n) is 3.69. The number of rotatable bonds is 2. The number of hydrogen-bond donors (Lipinski definition) is 1. The Bertz CT molecular complexity index is 179. The zero-order valence-electron chi connectivity index (χ0n) is 8.90. The second kappa shape index (κ2) is 7.62. The van der Waals surface area contributed by atoms with E-state index in [1.54, 1.807) is 0 Å². The van der Waals surface area contributed by atoms with Crippen molar-refractivity contribution >= 4 is 41.7 Å². The van der Waals surface area contributed by atoms with Crippen LogP contribution in [0.3, 0.4) is 0 Å². The minimum absolute atomic E-state index is 0. The van der Waals surface area contributed by atoms with Crippen molar-refractivity contribution in [2.24, 2.45) is 16.6 Å². The van der Waals surface area contributed by atoms with Gasteiger partial charge in [-0.25, -0.2) is 0 Å². The zero-order valence-corrected chi connectivity index (χ0v) is 12.0. The molecule has 14 heavy (non-hydrogen) atoms. The van der Waals surface area contributed by atoms with E-state index in [1.165, 1.54) is 11.5 Å². The van der Waals surface area contributed by atoms with Gasteiger partial charge in [-0.1, -0.05) is 13.8 Å². The Balaban J connectivity index is 0.00000169. The van der Waals surface area contributed by atoms with E-state index in [4.69, 9.17) is 5.73 Å². The van der Waals surface area contributed by atoms with Crippen molar-refractivity contribution in [2.75, 3.05) is 31.1 Å². The molecule has 1 fully saturated rings. The molecule has 2 N–H and O–H groups in total. The summed E-state index contributed by atoms with van der Waals surface area (Å²) in [6, 6.07) is 0. The zero-order chi connectivity index (χ0) is 9.68. The summed E-state index contributed by atoms with van der Waals surface area (Å²) in [5.74, 6) is 3.68. The van der Waals surface area contributed by atoms with Gasteiger partial charge < -0.3 is 10.6 Å². The Hall–Kier alpha value is 0.350. The van der Waals surface area contributed by atoms with E-state index in [0.29, 0.717) is 5.92 Å². The fraction of sp³-hybridized carbons (Fsp3) is 0.889. The number of nitrogens with zero attached hydrogens (tertiary/aromatic N) is 2. The summed E-state index contributed by atoms with van der Waals surface area (Å²) in [4.78, 5) is 6.54. The Morgan fingerprint density at radius 1 is 1.43 bits per heavy atom. The lowest BCUT2D eigenvalue weighted by Gasteiger charge is -2.27. The van der Waals surface area contributed by atoms with Crippen LogP contribution in [-0.4, -0.2) is 42.0 Å². The van der Waals surface area contributed by atoms with Gasteiger partial charge in [0, 0.05) is 31.1 Å². The molecule has 0 unspecified atom stereocenters. The quantitative estimate of drug-likeness (QED) is 0.476. The predicted octanol–water partition coefficient (Wildman–Crippen LogP) is 1.62. The van der Waals surface area contributed by atoms with Crippen LogP contribution in [0, 0.1) is 5.92 Å². The van der Waals surface area contributed by atoms with Crippen LogP contribution < -0.4 is 5.73 Å². The highest BCUT2D eigenvalue weighted by Gasteiger charge is 2.11. The summed E-state index contributed by atoms with van der Waals surface area (Å²) in [7, 11) is 0. The minimum Gasteiger partial charge on any atom is -0.370 e. The lowest BCUT2D eigenvalue weighted by molar-refractivity contribution is 0.454. The Morgan fingerprint density at radius 3 is 2.50 bits per heavy atom. The summed E-state index contributed by atoms with van der Waals surface area (Å²) < 4.78 is 0. The first kappa shape index (κ1) is 14.3. The molecular formula is C9H20IN3S. The van der Waals surface area contributed by atoms with E-state index in [1.807, 2.05) is 11.8 Å². The third kappa shape index (κ3) is 5.29. The lowest BCUT2D eigenvalue weighted by Crippen LogP contribution is -2.42. The molecule has 1 saturated heterocycles. The van der Waals surface area contributed by atoms with Crippen molar-refractivity contribution in [3.8, 4) is 0 Å². The molecule has 0 aliphatic carbocycles. The first-order valence-electron chi connectivity index (χ1n) is 4.82. The third-order valence-corrected chi connectivity index (χ3v) is 2.90. The Labute approximate surface area is 108 Å². The van der Waals surface area contributed by atoms with Gasteiger partial charge >= 0.3 is 0 Å². The fourth-order valence-corrected chi connectivity index (χ4v) is 2.07.